The molecule has 2 rings (SSSR count). The molecular formula is C9H12ClNO3S. The van der Waals surface area contributed by atoms with Gasteiger partial charge in [0.1, 0.15) is 0 Å². The zero-order valence-electron chi connectivity index (χ0n) is 8.10. The van der Waals surface area contributed by atoms with Crippen LogP contribution >= 0.6 is 10.7 Å². The minimum atomic E-state index is -3.88. The van der Waals surface area contributed by atoms with E-state index in [0.29, 0.717) is 6.42 Å². The Balaban J connectivity index is 2.19. The van der Waals surface area contributed by atoms with Crippen molar-refractivity contribution in [1.82, 2.24) is 4.31 Å². The van der Waals surface area contributed by atoms with Gasteiger partial charge in [-0.2, -0.15) is 8.42 Å². The van der Waals surface area contributed by atoms with E-state index in [1.807, 2.05) is 12.2 Å². The molecule has 1 saturated heterocycles. The van der Waals surface area contributed by atoms with Crippen molar-refractivity contribution >= 4 is 25.8 Å². The molecule has 1 aliphatic carbocycles. The maximum absolute atomic E-state index is 11.5. The van der Waals surface area contributed by atoms with Gasteiger partial charge in [-0.25, -0.2) is 4.31 Å². The molecule has 1 amide bonds. The van der Waals surface area contributed by atoms with Crippen molar-refractivity contribution in [2.24, 2.45) is 5.92 Å². The number of allylic oxidation sites excluding steroid dienone is 2. The fraction of sp³-hybridized carbons (Fsp3) is 0.667. The van der Waals surface area contributed by atoms with Crippen LogP contribution in [-0.4, -0.2) is 24.7 Å². The Labute approximate surface area is 93.4 Å². The summed E-state index contributed by atoms with van der Waals surface area (Å²) < 4.78 is 23.1. The highest BCUT2D eigenvalue weighted by Gasteiger charge is 2.51. The number of halogens is 1. The summed E-state index contributed by atoms with van der Waals surface area (Å²) in [5.41, 5.74) is 0. The molecule has 0 aromatic rings. The Morgan fingerprint density at radius 1 is 1.27 bits per heavy atom. The van der Waals surface area contributed by atoms with Crippen LogP contribution in [0.15, 0.2) is 12.2 Å². The van der Waals surface area contributed by atoms with E-state index < -0.39 is 9.24 Å². The van der Waals surface area contributed by atoms with E-state index in [1.54, 1.807) is 0 Å². The summed E-state index contributed by atoms with van der Waals surface area (Å²) in [6.07, 6.45) is 7.11. The predicted molar refractivity (Wildman–Crippen MR) is 56.5 cm³/mol. The molecule has 6 heteroatoms. The van der Waals surface area contributed by atoms with Crippen LogP contribution in [-0.2, 0) is 14.0 Å². The van der Waals surface area contributed by atoms with Gasteiger partial charge in [-0.15, -0.1) is 0 Å². The summed E-state index contributed by atoms with van der Waals surface area (Å²) in [4.78, 5) is 11.5. The van der Waals surface area contributed by atoms with Gasteiger partial charge in [-0.3, -0.25) is 4.79 Å². The smallest absolute Gasteiger partial charge is 0.273 e. The van der Waals surface area contributed by atoms with Gasteiger partial charge in [0.2, 0.25) is 5.91 Å². The largest absolute Gasteiger partial charge is 0.324 e. The zero-order chi connectivity index (χ0) is 11.1. The van der Waals surface area contributed by atoms with Crippen molar-refractivity contribution in [3.05, 3.63) is 12.2 Å². The summed E-state index contributed by atoms with van der Waals surface area (Å²) in [5, 5.41) is 0. The van der Waals surface area contributed by atoms with E-state index in [2.05, 4.69) is 0 Å². The van der Waals surface area contributed by atoms with Crippen molar-refractivity contribution in [3.8, 4) is 0 Å². The van der Waals surface area contributed by atoms with Gasteiger partial charge in [0.25, 0.3) is 0 Å². The molecule has 0 unspecified atom stereocenters. The van der Waals surface area contributed by atoms with E-state index in [1.165, 1.54) is 0 Å². The molecule has 0 N–H and O–H groups in total. The molecule has 1 fully saturated rings. The third-order valence-corrected chi connectivity index (χ3v) is 4.34. The third kappa shape index (κ3) is 1.90. The lowest BCUT2D eigenvalue weighted by Crippen LogP contribution is -2.61. The topological polar surface area (TPSA) is 54.5 Å². The molecule has 0 aromatic carbocycles. The van der Waals surface area contributed by atoms with E-state index >= 15 is 0 Å². The SMILES string of the molecule is O=C1[C@H]2CC/C=C\CC[C@H]2N1S(=O)(=O)Cl. The van der Waals surface area contributed by atoms with Crippen molar-refractivity contribution in [3.63, 3.8) is 0 Å². The molecule has 84 valence electrons. The van der Waals surface area contributed by atoms with Crippen LogP contribution in [0.2, 0.25) is 0 Å². The van der Waals surface area contributed by atoms with Crippen LogP contribution in [0.5, 0.6) is 0 Å². The minimum absolute atomic E-state index is 0.150. The number of amides is 1. The normalized spacial score (nSPS) is 33.7. The van der Waals surface area contributed by atoms with E-state index in [-0.39, 0.29) is 17.9 Å². The Kier molecular flexibility index (Phi) is 2.77. The number of rotatable bonds is 1. The molecule has 0 spiro atoms. The second kappa shape index (κ2) is 3.79. The van der Waals surface area contributed by atoms with Crippen LogP contribution in [0.4, 0.5) is 0 Å². The average Bonchev–Trinajstić information content (AvgIpc) is 2.07. The highest BCUT2D eigenvalue weighted by molar-refractivity contribution is 8.12. The average molecular weight is 250 g/mol. The number of carbonyl (C=O) groups excluding carboxylic acids is 1. The Bertz CT molecular complexity index is 404. The van der Waals surface area contributed by atoms with Crippen LogP contribution in [0.25, 0.3) is 0 Å². The van der Waals surface area contributed by atoms with Gasteiger partial charge in [0.05, 0.1) is 12.0 Å². The molecule has 1 aliphatic heterocycles. The standard InChI is InChI=1S/C9H12ClNO3S/c10-15(13,14)11-8-6-4-2-1-3-5-7(8)9(11)12/h1-2,7-8H,3-6H2/b2-1-/t7-,8+/m0/s1. The van der Waals surface area contributed by atoms with E-state index in [9.17, 15) is 13.2 Å². The third-order valence-electron chi connectivity index (χ3n) is 2.98. The van der Waals surface area contributed by atoms with Gasteiger partial charge in [0.15, 0.2) is 0 Å². The number of hydrogen-bond acceptors (Lipinski definition) is 3. The van der Waals surface area contributed by atoms with Crippen LogP contribution < -0.4 is 0 Å². The second-order valence-electron chi connectivity index (χ2n) is 3.88. The fourth-order valence-electron chi connectivity index (χ4n) is 2.25. The van der Waals surface area contributed by atoms with Gasteiger partial charge in [-0.1, -0.05) is 12.2 Å². The molecule has 15 heavy (non-hydrogen) atoms. The van der Waals surface area contributed by atoms with Gasteiger partial charge in [-0.05, 0) is 25.7 Å². The predicted octanol–water partition coefficient (Wildman–Crippen LogP) is 1.43. The summed E-state index contributed by atoms with van der Waals surface area (Å²) in [6, 6.07) is -0.218. The lowest BCUT2D eigenvalue weighted by molar-refractivity contribution is -0.146. The van der Waals surface area contributed by atoms with Gasteiger partial charge < -0.3 is 0 Å². The number of hydrogen-bond donors (Lipinski definition) is 0. The zero-order valence-corrected chi connectivity index (χ0v) is 9.67. The summed E-state index contributed by atoms with van der Waals surface area (Å²) in [7, 11) is 1.32. The molecular weight excluding hydrogens is 238 g/mol. The van der Waals surface area contributed by atoms with Crippen molar-refractivity contribution in [2.45, 2.75) is 31.7 Å². The molecule has 4 nitrogen and oxygen atoms in total. The lowest BCUT2D eigenvalue weighted by atomic mass is 9.82. The Morgan fingerprint density at radius 3 is 2.47 bits per heavy atom. The molecule has 0 saturated carbocycles. The van der Waals surface area contributed by atoms with Crippen molar-refractivity contribution < 1.29 is 13.2 Å². The Hall–Kier alpha value is -0.550. The molecule has 0 radical (unpaired) electrons. The van der Waals surface area contributed by atoms with E-state index in [4.69, 9.17) is 10.7 Å². The molecule has 2 aliphatic rings. The number of β-lactam (4-membered cyclic amide) rings is 1. The van der Waals surface area contributed by atoms with Gasteiger partial charge in [0, 0.05) is 10.7 Å². The first-order valence-corrected chi connectivity index (χ1v) is 7.21. The van der Waals surface area contributed by atoms with Crippen molar-refractivity contribution in [2.75, 3.05) is 0 Å². The maximum Gasteiger partial charge on any atom is 0.324 e. The van der Waals surface area contributed by atoms with Crippen LogP contribution in [0.1, 0.15) is 25.7 Å². The first kappa shape index (κ1) is 11.0. The second-order valence-corrected chi connectivity index (χ2v) is 6.26. The molecule has 2 atom stereocenters. The summed E-state index contributed by atoms with van der Waals surface area (Å²) in [5.74, 6) is -0.492. The lowest BCUT2D eigenvalue weighted by Gasteiger charge is -2.45. The van der Waals surface area contributed by atoms with Crippen molar-refractivity contribution in [1.29, 1.82) is 0 Å². The number of carbonyl (C=O) groups is 1. The highest BCUT2D eigenvalue weighted by Crippen LogP contribution is 2.38. The Morgan fingerprint density at radius 2 is 1.87 bits per heavy atom. The summed E-state index contributed by atoms with van der Waals surface area (Å²) in [6.45, 7) is 0. The number of nitrogens with zero attached hydrogens (tertiary/aromatic N) is 1. The maximum atomic E-state index is 11.5. The monoisotopic (exact) mass is 249 g/mol. The van der Waals surface area contributed by atoms with Gasteiger partial charge >= 0.3 is 9.24 Å². The first-order chi connectivity index (χ1) is 7.02. The highest BCUT2D eigenvalue weighted by atomic mass is 35.7. The van der Waals surface area contributed by atoms with Crippen LogP contribution in [0.3, 0.4) is 0 Å². The molecule has 0 aromatic heterocycles. The summed E-state index contributed by atoms with van der Waals surface area (Å²) >= 11 is 0. The first-order valence-electron chi connectivity index (χ1n) is 4.94. The minimum Gasteiger partial charge on any atom is -0.273 e. The number of fused-ring (bicyclic) bond motifs is 1. The molecule has 0 bridgehead atoms. The van der Waals surface area contributed by atoms with E-state index in [0.717, 1.165) is 23.6 Å². The molecule has 1 heterocycles. The fourth-order valence-corrected chi connectivity index (χ4v) is 3.69. The van der Waals surface area contributed by atoms with Crippen LogP contribution in [0, 0.1) is 5.92 Å². The quantitative estimate of drug-likeness (QED) is 0.401.